The van der Waals surface area contributed by atoms with Gasteiger partial charge in [-0.05, 0) is 18.8 Å². The molecule has 0 aliphatic carbocycles. The van der Waals surface area contributed by atoms with Crippen LogP contribution >= 0.6 is 11.8 Å². The van der Waals surface area contributed by atoms with Gasteiger partial charge >= 0.3 is 0 Å². The summed E-state index contributed by atoms with van der Waals surface area (Å²) in [5.74, 6) is 0. The maximum Gasteiger partial charge on any atom is 0.0888 e. The third-order valence-corrected chi connectivity index (χ3v) is 1.56. The van der Waals surface area contributed by atoms with Gasteiger partial charge in [0.15, 0.2) is 0 Å². The van der Waals surface area contributed by atoms with E-state index in [2.05, 4.69) is 6.58 Å². The molecule has 0 rings (SSSR count). The lowest BCUT2D eigenvalue weighted by molar-refractivity contribution is 1.26. The van der Waals surface area contributed by atoms with Crippen LogP contribution in [0.25, 0.3) is 0 Å². The summed E-state index contributed by atoms with van der Waals surface area (Å²) in [7, 11) is 0. The zero-order valence-corrected chi connectivity index (χ0v) is 6.59. The maximum absolute atomic E-state index is 5.47. The molecule has 0 spiro atoms. The van der Waals surface area contributed by atoms with Crippen molar-refractivity contribution in [2.45, 2.75) is 13.8 Å². The molecule has 9 heavy (non-hydrogen) atoms. The van der Waals surface area contributed by atoms with E-state index in [1.807, 2.05) is 6.92 Å². The molecule has 0 aromatic heterocycles. The highest BCUT2D eigenvalue weighted by Gasteiger charge is 1.93. The van der Waals surface area contributed by atoms with E-state index in [0.29, 0.717) is 10.7 Å². The van der Waals surface area contributed by atoms with Crippen molar-refractivity contribution in [3.05, 3.63) is 22.2 Å². The van der Waals surface area contributed by atoms with Gasteiger partial charge in [0.05, 0.1) is 5.03 Å². The minimum absolute atomic E-state index is 0.641. The van der Waals surface area contributed by atoms with Gasteiger partial charge in [-0.1, -0.05) is 18.3 Å². The molecule has 0 amide bonds. The first-order valence-electron chi connectivity index (χ1n) is 2.59. The molecular formula is C6H12N2S. The van der Waals surface area contributed by atoms with Gasteiger partial charge in [-0.2, -0.15) is 0 Å². The molecule has 0 fully saturated rings. The predicted octanol–water partition coefficient (Wildman–Crippen LogP) is 1.36. The van der Waals surface area contributed by atoms with Crippen LogP contribution in [0.2, 0.25) is 0 Å². The van der Waals surface area contributed by atoms with Crippen LogP contribution in [-0.2, 0) is 0 Å². The third-order valence-electron chi connectivity index (χ3n) is 0.673. The predicted molar refractivity (Wildman–Crippen MR) is 43.5 cm³/mol. The maximum atomic E-state index is 5.47. The van der Waals surface area contributed by atoms with Crippen molar-refractivity contribution in [2.75, 3.05) is 0 Å². The van der Waals surface area contributed by atoms with Crippen LogP contribution in [0.3, 0.4) is 0 Å². The number of hydrogen-bond donors (Lipinski definition) is 2. The summed E-state index contributed by atoms with van der Waals surface area (Å²) < 4.78 is 0. The Kier molecular flexibility index (Phi) is 3.24. The van der Waals surface area contributed by atoms with E-state index in [1.54, 1.807) is 6.92 Å². The Hall–Kier alpha value is -0.570. The van der Waals surface area contributed by atoms with E-state index in [-0.39, 0.29) is 0 Å². The van der Waals surface area contributed by atoms with Gasteiger partial charge < -0.3 is 11.5 Å². The quantitative estimate of drug-likeness (QED) is 0.615. The Morgan fingerprint density at radius 3 is 1.89 bits per heavy atom. The van der Waals surface area contributed by atoms with Crippen LogP contribution in [0.1, 0.15) is 13.8 Å². The summed E-state index contributed by atoms with van der Waals surface area (Å²) in [6.45, 7) is 7.33. The van der Waals surface area contributed by atoms with Gasteiger partial charge in [0, 0.05) is 5.70 Å². The molecule has 0 aromatic carbocycles. The molecule has 52 valence electrons. The lowest BCUT2D eigenvalue weighted by atomic mass is 10.6. The highest BCUT2D eigenvalue weighted by Crippen LogP contribution is 2.19. The van der Waals surface area contributed by atoms with Gasteiger partial charge in [-0.25, -0.2) is 0 Å². The average molecular weight is 144 g/mol. The van der Waals surface area contributed by atoms with Gasteiger partial charge in [-0.3, -0.25) is 0 Å². The number of thioether (sulfide) groups is 1. The number of allylic oxidation sites excluding steroid dienone is 2. The number of rotatable bonds is 2. The van der Waals surface area contributed by atoms with Crippen molar-refractivity contribution in [3.63, 3.8) is 0 Å². The van der Waals surface area contributed by atoms with Crippen LogP contribution in [0.15, 0.2) is 22.2 Å². The molecule has 0 unspecified atom stereocenters. The molecule has 2 nitrogen and oxygen atoms in total. The molecule has 4 N–H and O–H groups in total. The second kappa shape index (κ2) is 3.45. The zero-order valence-electron chi connectivity index (χ0n) is 5.77. The lowest BCUT2D eigenvalue weighted by Crippen LogP contribution is -2.02. The lowest BCUT2D eigenvalue weighted by Gasteiger charge is -2.00. The highest BCUT2D eigenvalue weighted by atomic mass is 32.2. The first kappa shape index (κ1) is 8.43. The van der Waals surface area contributed by atoms with Gasteiger partial charge in [-0.15, -0.1) is 0 Å². The van der Waals surface area contributed by atoms with Crippen LogP contribution < -0.4 is 11.5 Å². The van der Waals surface area contributed by atoms with Crippen LogP contribution in [-0.4, -0.2) is 0 Å². The van der Waals surface area contributed by atoms with Crippen molar-refractivity contribution in [2.24, 2.45) is 11.5 Å². The molecule has 0 radical (unpaired) electrons. The van der Waals surface area contributed by atoms with E-state index >= 15 is 0 Å². The smallest absolute Gasteiger partial charge is 0.0888 e. The molecular weight excluding hydrogens is 132 g/mol. The van der Waals surface area contributed by atoms with E-state index in [9.17, 15) is 0 Å². The Bertz CT molecular complexity index is 145. The SMILES string of the molecule is C=C(C)S/C(N)=C(\C)N. The Morgan fingerprint density at radius 2 is 1.78 bits per heavy atom. The summed E-state index contributed by atoms with van der Waals surface area (Å²) in [4.78, 5) is 0.956. The first-order valence-corrected chi connectivity index (χ1v) is 3.41. The average Bonchev–Trinajstić information content (AvgIpc) is 1.63. The third kappa shape index (κ3) is 3.97. The molecule has 0 heterocycles. The molecule has 0 saturated carbocycles. The largest absolute Gasteiger partial charge is 0.400 e. The van der Waals surface area contributed by atoms with Crippen molar-refractivity contribution >= 4 is 11.8 Å². The highest BCUT2D eigenvalue weighted by molar-refractivity contribution is 8.06. The molecule has 3 heteroatoms. The van der Waals surface area contributed by atoms with Crippen molar-refractivity contribution < 1.29 is 0 Å². The topological polar surface area (TPSA) is 52.0 Å². The fraction of sp³-hybridized carbons (Fsp3) is 0.333. The van der Waals surface area contributed by atoms with Crippen molar-refractivity contribution in [1.82, 2.24) is 0 Å². The fourth-order valence-corrected chi connectivity index (χ4v) is 0.805. The van der Waals surface area contributed by atoms with Gasteiger partial charge in [0.25, 0.3) is 0 Å². The zero-order chi connectivity index (χ0) is 7.44. The second-order valence-corrected chi connectivity index (χ2v) is 3.19. The first-order chi connectivity index (χ1) is 4.04. The molecule has 0 bridgehead atoms. The number of hydrogen-bond acceptors (Lipinski definition) is 3. The van der Waals surface area contributed by atoms with Gasteiger partial charge in [0.2, 0.25) is 0 Å². The Balaban J connectivity index is 3.92. The summed E-state index contributed by atoms with van der Waals surface area (Å²) in [5.41, 5.74) is 11.5. The summed E-state index contributed by atoms with van der Waals surface area (Å²) >= 11 is 1.40. The monoisotopic (exact) mass is 144 g/mol. The summed E-state index contributed by atoms with van der Waals surface area (Å²) in [6, 6.07) is 0. The summed E-state index contributed by atoms with van der Waals surface area (Å²) in [6.07, 6.45) is 0. The van der Waals surface area contributed by atoms with Gasteiger partial charge in [0.1, 0.15) is 0 Å². The van der Waals surface area contributed by atoms with E-state index < -0.39 is 0 Å². The van der Waals surface area contributed by atoms with Crippen molar-refractivity contribution in [3.8, 4) is 0 Å². The Labute approximate surface area is 60.0 Å². The molecule has 0 atom stereocenters. The standard InChI is InChI=1S/C6H12N2S/c1-4(2)9-6(8)5(3)7/h1,7-8H2,2-3H3/b6-5+. The molecule has 0 saturated heterocycles. The second-order valence-electron chi connectivity index (χ2n) is 1.85. The van der Waals surface area contributed by atoms with Crippen LogP contribution in [0, 0.1) is 0 Å². The van der Waals surface area contributed by atoms with Crippen molar-refractivity contribution in [1.29, 1.82) is 0 Å². The number of nitrogens with two attached hydrogens (primary N) is 2. The minimum atomic E-state index is 0.641. The minimum Gasteiger partial charge on any atom is -0.400 e. The Morgan fingerprint density at radius 1 is 1.33 bits per heavy atom. The van der Waals surface area contributed by atoms with E-state index in [0.717, 1.165) is 4.91 Å². The molecule has 0 aromatic rings. The van der Waals surface area contributed by atoms with Crippen LogP contribution in [0.4, 0.5) is 0 Å². The summed E-state index contributed by atoms with van der Waals surface area (Å²) in [5, 5.41) is 0.641. The molecule has 0 aliphatic heterocycles. The fourth-order valence-electron chi connectivity index (χ4n) is 0.268. The molecule has 0 aliphatic rings. The van der Waals surface area contributed by atoms with E-state index in [4.69, 9.17) is 11.5 Å². The normalized spacial score (nSPS) is 12.7. The van der Waals surface area contributed by atoms with Crippen LogP contribution in [0.5, 0.6) is 0 Å². The van der Waals surface area contributed by atoms with E-state index in [1.165, 1.54) is 11.8 Å².